The van der Waals surface area contributed by atoms with E-state index in [4.69, 9.17) is 4.74 Å². The number of rotatable bonds is 5. The van der Waals surface area contributed by atoms with Gasteiger partial charge in [0.1, 0.15) is 11.6 Å². The summed E-state index contributed by atoms with van der Waals surface area (Å²) in [4.78, 5) is 3.27. The van der Waals surface area contributed by atoms with E-state index in [9.17, 15) is 9.50 Å². The van der Waals surface area contributed by atoms with Crippen molar-refractivity contribution < 1.29 is 14.2 Å². The highest BCUT2D eigenvalue weighted by Gasteiger charge is 2.24. The van der Waals surface area contributed by atoms with Crippen molar-refractivity contribution in [2.24, 2.45) is 0 Å². The molecule has 1 aliphatic heterocycles. The van der Waals surface area contributed by atoms with Crippen LogP contribution in [0.3, 0.4) is 0 Å². The summed E-state index contributed by atoms with van der Waals surface area (Å²) in [7, 11) is 0. The van der Waals surface area contributed by atoms with Gasteiger partial charge in [-0.2, -0.15) is 0 Å². The lowest BCUT2D eigenvalue weighted by molar-refractivity contribution is 0.202. The SMILES string of the molecule is OCC(Cc1c[nH]c2ccccc12)NC1CCOc2ccc(F)cc21. The second-order valence-corrected chi connectivity index (χ2v) is 6.48. The van der Waals surface area contributed by atoms with Gasteiger partial charge in [0, 0.05) is 41.2 Å². The summed E-state index contributed by atoms with van der Waals surface area (Å²) >= 11 is 0. The van der Waals surface area contributed by atoms with Crippen molar-refractivity contribution in [3.8, 4) is 5.75 Å². The zero-order chi connectivity index (χ0) is 17.2. The van der Waals surface area contributed by atoms with Crippen molar-refractivity contribution in [2.75, 3.05) is 13.2 Å². The van der Waals surface area contributed by atoms with E-state index in [0.29, 0.717) is 18.8 Å². The Labute approximate surface area is 145 Å². The lowest BCUT2D eigenvalue weighted by Gasteiger charge is -2.30. The van der Waals surface area contributed by atoms with Gasteiger partial charge in [0.25, 0.3) is 0 Å². The molecular weight excluding hydrogens is 319 g/mol. The Morgan fingerprint density at radius 3 is 3.04 bits per heavy atom. The molecule has 2 heterocycles. The molecule has 0 amide bonds. The molecule has 25 heavy (non-hydrogen) atoms. The number of para-hydroxylation sites is 1. The lowest BCUT2D eigenvalue weighted by Crippen LogP contribution is -2.39. The van der Waals surface area contributed by atoms with Crippen LogP contribution in [0, 0.1) is 5.82 Å². The molecule has 0 fully saturated rings. The normalized spacial score (nSPS) is 17.9. The number of H-pyrrole nitrogens is 1. The maximum absolute atomic E-state index is 13.6. The van der Waals surface area contributed by atoms with Crippen LogP contribution in [0.1, 0.15) is 23.6 Å². The van der Waals surface area contributed by atoms with E-state index >= 15 is 0 Å². The minimum atomic E-state index is -0.270. The Morgan fingerprint density at radius 1 is 1.28 bits per heavy atom. The summed E-state index contributed by atoms with van der Waals surface area (Å²) in [6.45, 7) is 0.600. The fourth-order valence-electron chi connectivity index (χ4n) is 3.57. The third kappa shape index (κ3) is 3.25. The summed E-state index contributed by atoms with van der Waals surface area (Å²) in [5, 5.41) is 14.5. The maximum atomic E-state index is 13.6. The Morgan fingerprint density at radius 2 is 2.16 bits per heavy atom. The summed E-state index contributed by atoms with van der Waals surface area (Å²) in [6.07, 6.45) is 3.44. The molecule has 5 heteroatoms. The first-order chi connectivity index (χ1) is 12.2. The third-order valence-corrected chi connectivity index (χ3v) is 4.81. The number of halogens is 1. The van der Waals surface area contributed by atoms with Crippen LogP contribution in [0.25, 0.3) is 10.9 Å². The van der Waals surface area contributed by atoms with Crippen LogP contribution in [0.5, 0.6) is 5.75 Å². The number of nitrogens with one attached hydrogen (secondary N) is 2. The molecule has 1 aliphatic rings. The molecule has 3 aromatic rings. The first-order valence-corrected chi connectivity index (χ1v) is 8.59. The van der Waals surface area contributed by atoms with Gasteiger partial charge in [-0.25, -0.2) is 4.39 Å². The molecule has 2 aromatic carbocycles. The number of aromatic nitrogens is 1. The quantitative estimate of drug-likeness (QED) is 0.668. The summed E-state index contributed by atoms with van der Waals surface area (Å²) in [5.74, 6) is 0.446. The van der Waals surface area contributed by atoms with E-state index in [1.54, 1.807) is 6.07 Å². The molecule has 2 unspecified atom stereocenters. The van der Waals surface area contributed by atoms with Crippen molar-refractivity contribution in [3.05, 3.63) is 65.6 Å². The average molecular weight is 340 g/mol. The standard InChI is InChI=1S/C20H21FN2O2/c21-14-5-6-20-17(10-14)19(7-8-25-20)23-15(12-24)9-13-11-22-18-4-2-1-3-16(13)18/h1-6,10-11,15,19,22-24H,7-9,12H2. The molecule has 0 saturated carbocycles. The van der Waals surface area contributed by atoms with Crippen LogP contribution < -0.4 is 10.1 Å². The van der Waals surface area contributed by atoms with E-state index < -0.39 is 0 Å². The van der Waals surface area contributed by atoms with E-state index in [0.717, 1.165) is 23.1 Å². The molecule has 4 nitrogen and oxygen atoms in total. The maximum Gasteiger partial charge on any atom is 0.124 e. The first kappa shape index (κ1) is 16.1. The second kappa shape index (κ2) is 6.86. The Hall–Kier alpha value is -2.37. The van der Waals surface area contributed by atoms with Gasteiger partial charge < -0.3 is 20.1 Å². The zero-order valence-corrected chi connectivity index (χ0v) is 13.8. The molecule has 1 aromatic heterocycles. The number of ether oxygens (including phenoxy) is 1. The molecule has 0 radical (unpaired) electrons. The van der Waals surface area contributed by atoms with Crippen molar-refractivity contribution in [1.82, 2.24) is 10.3 Å². The van der Waals surface area contributed by atoms with Gasteiger partial charge in [0.2, 0.25) is 0 Å². The van der Waals surface area contributed by atoms with Gasteiger partial charge in [-0.1, -0.05) is 18.2 Å². The molecule has 4 rings (SSSR count). The van der Waals surface area contributed by atoms with Crippen molar-refractivity contribution in [2.45, 2.75) is 24.9 Å². The molecule has 0 aliphatic carbocycles. The van der Waals surface area contributed by atoms with E-state index in [1.165, 1.54) is 17.5 Å². The Bertz CT molecular complexity index is 877. The van der Waals surface area contributed by atoms with E-state index in [2.05, 4.69) is 16.4 Å². The minimum Gasteiger partial charge on any atom is -0.493 e. The Balaban J connectivity index is 1.54. The molecule has 0 spiro atoms. The number of hydrogen-bond donors (Lipinski definition) is 3. The lowest BCUT2D eigenvalue weighted by atomic mass is 9.98. The first-order valence-electron chi connectivity index (χ1n) is 8.59. The topological polar surface area (TPSA) is 57.3 Å². The number of hydrogen-bond acceptors (Lipinski definition) is 3. The predicted octanol–water partition coefficient (Wildman–Crippen LogP) is 3.32. The van der Waals surface area contributed by atoms with Crippen molar-refractivity contribution >= 4 is 10.9 Å². The van der Waals surface area contributed by atoms with Crippen LogP contribution in [0.4, 0.5) is 4.39 Å². The van der Waals surface area contributed by atoms with Crippen molar-refractivity contribution in [3.63, 3.8) is 0 Å². The highest BCUT2D eigenvalue weighted by molar-refractivity contribution is 5.83. The molecule has 130 valence electrons. The minimum absolute atomic E-state index is 0.0154. The fraction of sp³-hybridized carbons (Fsp3) is 0.300. The van der Waals surface area contributed by atoms with Gasteiger partial charge in [-0.05, 0) is 36.2 Å². The van der Waals surface area contributed by atoms with Gasteiger partial charge in [0.15, 0.2) is 0 Å². The number of benzene rings is 2. The molecule has 3 N–H and O–H groups in total. The van der Waals surface area contributed by atoms with Gasteiger partial charge in [-0.15, -0.1) is 0 Å². The van der Waals surface area contributed by atoms with Crippen LogP contribution in [-0.2, 0) is 6.42 Å². The van der Waals surface area contributed by atoms with Crippen molar-refractivity contribution in [1.29, 1.82) is 0 Å². The van der Waals surface area contributed by atoms with Gasteiger partial charge in [-0.3, -0.25) is 0 Å². The third-order valence-electron chi connectivity index (χ3n) is 4.81. The van der Waals surface area contributed by atoms with Crippen LogP contribution in [0.2, 0.25) is 0 Å². The van der Waals surface area contributed by atoms with Gasteiger partial charge >= 0.3 is 0 Å². The molecule has 0 saturated heterocycles. The smallest absolute Gasteiger partial charge is 0.124 e. The Kier molecular flexibility index (Phi) is 4.42. The average Bonchev–Trinajstić information content (AvgIpc) is 3.04. The summed E-state index contributed by atoms with van der Waals surface area (Å²) < 4.78 is 19.2. The largest absolute Gasteiger partial charge is 0.493 e. The highest BCUT2D eigenvalue weighted by Crippen LogP contribution is 2.33. The van der Waals surface area contributed by atoms with Crippen LogP contribution in [0.15, 0.2) is 48.7 Å². The molecule has 2 atom stereocenters. The second-order valence-electron chi connectivity index (χ2n) is 6.48. The number of aliphatic hydroxyl groups excluding tert-OH is 1. The molecule has 0 bridgehead atoms. The zero-order valence-electron chi connectivity index (χ0n) is 13.8. The monoisotopic (exact) mass is 340 g/mol. The summed E-state index contributed by atoms with van der Waals surface area (Å²) in [5.41, 5.74) is 3.07. The molecular formula is C20H21FN2O2. The van der Waals surface area contributed by atoms with E-state index in [1.807, 2.05) is 24.4 Å². The van der Waals surface area contributed by atoms with Gasteiger partial charge in [0.05, 0.1) is 13.2 Å². The highest BCUT2D eigenvalue weighted by atomic mass is 19.1. The van der Waals surface area contributed by atoms with Crippen LogP contribution >= 0.6 is 0 Å². The predicted molar refractivity (Wildman–Crippen MR) is 95.3 cm³/mol. The van der Waals surface area contributed by atoms with Crippen LogP contribution in [-0.4, -0.2) is 29.3 Å². The summed E-state index contributed by atoms with van der Waals surface area (Å²) in [6, 6.07) is 12.6. The fourth-order valence-corrected chi connectivity index (χ4v) is 3.57. The number of fused-ring (bicyclic) bond motifs is 2. The number of aromatic amines is 1. The number of aliphatic hydroxyl groups is 1. The van der Waals surface area contributed by atoms with E-state index in [-0.39, 0.29) is 24.5 Å².